The van der Waals surface area contributed by atoms with E-state index < -0.39 is 0 Å². The first-order valence-electron chi connectivity index (χ1n) is 6.96. The molecule has 0 unspecified atom stereocenters. The fourth-order valence-electron chi connectivity index (χ4n) is 2.57. The highest BCUT2D eigenvalue weighted by Crippen LogP contribution is 2.33. The lowest BCUT2D eigenvalue weighted by Crippen LogP contribution is -1.94. The van der Waals surface area contributed by atoms with E-state index in [1.165, 1.54) is 5.56 Å². The zero-order chi connectivity index (χ0) is 15.0. The summed E-state index contributed by atoms with van der Waals surface area (Å²) in [5.41, 5.74) is 6.06. The Balaban J connectivity index is 2.15. The maximum absolute atomic E-state index is 10.1. The van der Waals surface area contributed by atoms with E-state index in [2.05, 4.69) is 24.2 Å². The van der Waals surface area contributed by atoms with Crippen LogP contribution in [-0.4, -0.2) is 14.9 Å². The van der Waals surface area contributed by atoms with E-state index in [-0.39, 0.29) is 5.75 Å². The highest BCUT2D eigenvalue weighted by molar-refractivity contribution is 5.74. The molecule has 0 aliphatic rings. The number of aromatic hydroxyl groups is 1. The third-order valence-electron chi connectivity index (χ3n) is 3.73. The summed E-state index contributed by atoms with van der Waals surface area (Å²) in [4.78, 5) is 0. The molecule has 106 valence electrons. The Kier molecular flexibility index (Phi) is 3.26. The molecule has 0 amide bonds. The molecule has 0 aliphatic heterocycles. The third kappa shape index (κ3) is 2.42. The van der Waals surface area contributed by atoms with Gasteiger partial charge in [0.2, 0.25) is 0 Å². The van der Waals surface area contributed by atoms with Gasteiger partial charge in [0.1, 0.15) is 5.75 Å². The Morgan fingerprint density at radius 1 is 0.952 bits per heavy atom. The van der Waals surface area contributed by atoms with Crippen LogP contribution in [0.25, 0.3) is 22.5 Å². The molecule has 2 aromatic carbocycles. The number of nitrogens with zero attached hydrogens (tertiary/aromatic N) is 2. The first-order valence-corrected chi connectivity index (χ1v) is 6.96. The maximum Gasteiger partial charge on any atom is 0.124 e. The summed E-state index contributed by atoms with van der Waals surface area (Å²) in [5, 5.41) is 14.7. The average molecular weight is 278 g/mol. The lowest BCUT2D eigenvalue weighted by Gasteiger charge is -2.05. The summed E-state index contributed by atoms with van der Waals surface area (Å²) < 4.78 is 1.82. The molecule has 3 heteroatoms. The monoisotopic (exact) mass is 278 g/mol. The van der Waals surface area contributed by atoms with Gasteiger partial charge in [-0.3, -0.25) is 4.68 Å². The molecule has 0 atom stereocenters. The molecule has 1 N–H and O–H groups in total. The van der Waals surface area contributed by atoms with E-state index >= 15 is 0 Å². The molecule has 1 aromatic heterocycles. The number of benzene rings is 2. The van der Waals surface area contributed by atoms with Crippen molar-refractivity contribution in [2.24, 2.45) is 7.05 Å². The number of hydrogen-bond donors (Lipinski definition) is 1. The van der Waals surface area contributed by atoms with Crippen molar-refractivity contribution >= 4 is 0 Å². The minimum atomic E-state index is 0.278. The molecular weight excluding hydrogens is 260 g/mol. The Morgan fingerprint density at radius 3 is 2.48 bits per heavy atom. The number of phenolic OH excluding ortho intramolecular Hbond substituents is 1. The Morgan fingerprint density at radius 2 is 1.71 bits per heavy atom. The largest absolute Gasteiger partial charge is 0.507 e. The van der Waals surface area contributed by atoms with E-state index in [0.717, 1.165) is 28.1 Å². The van der Waals surface area contributed by atoms with Crippen LogP contribution in [0.1, 0.15) is 11.1 Å². The minimum Gasteiger partial charge on any atom is -0.507 e. The van der Waals surface area contributed by atoms with Crippen LogP contribution in [0.5, 0.6) is 5.75 Å². The molecule has 0 aliphatic carbocycles. The number of aryl methyl sites for hydroxylation is 3. The second-order valence-electron chi connectivity index (χ2n) is 5.37. The van der Waals surface area contributed by atoms with Crippen molar-refractivity contribution < 1.29 is 5.11 Å². The van der Waals surface area contributed by atoms with Gasteiger partial charge in [0.25, 0.3) is 0 Å². The van der Waals surface area contributed by atoms with Gasteiger partial charge in [0, 0.05) is 18.2 Å². The van der Waals surface area contributed by atoms with Crippen LogP contribution < -0.4 is 0 Å². The van der Waals surface area contributed by atoms with Crippen molar-refractivity contribution in [2.45, 2.75) is 13.8 Å². The smallest absolute Gasteiger partial charge is 0.124 e. The molecular formula is C18H18N2O. The van der Waals surface area contributed by atoms with Gasteiger partial charge < -0.3 is 5.11 Å². The lowest BCUT2D eigenvalue weighted by molar-refractivity contribution is 0.476. The summed E-state index contributed by atoms with van der Waals surface area (Å²) in [5.74, 6) is 0.278. The van der Waals surface area contributed by atoms with Gasteiger partial charge in [-0.15, -0.1) is 0 Å². The van der Waals surface area contributed by atoms with Crippen molar-refractivity contribution in [1.82, 2.24) is 9.78 Å². The number of phenols is 1. The zero-order valence-corrected chi connectivity index (χ0v) is 12.5. The van der Waals surface area contributed by atoms with Gasteiger partial charge in [-0.2, -0.15) is 5.10 Å². The van der Waals surface area contributed by atoms with E-state index in [1.54, 1.807) is 6.07 Å². The lowest BCUT2D eigenvalue weighted by atomic mass is 10.0. The van der Waals surface area contributed by atoms with Gasteiger partial charge >= 0.3 is 0 Å². The van der Waals surface area contributed by atoms with Gasteiger partial charge in [-0.1, -0.05) is 35.9 Å². The van der Waals surface area contributed by atoms with Crippen LogP contribution in [0, 0.1) is 13.8 Å². The van der Waals surface area contributed by atoms with Crippen LogP contribution in [0.4, 0.5) is 0 Å². The van der Waals surface area contributed by atoms with Crippen LogP contribution in [0.2, 0.25) is 0 Å². The van der Waals surface area contributed by atoms with Crippen LogP contribution in [0.15, 0.2) is 48.5 Å². The SMILES string of the molecule is Cc1ccc(O)c(-c2cc(-c3ccccc3C)nn2C)c1. The van der Waals surface area contributed by atoms with Crippen molar-refractivity contribution in [1.29, 1.82) is 0 Å². The molecule has 0 spiro atoms. The average Bonchev–Trinajstić information content (AvgIpc) is 2.84. The van der Waals surface area contributed by atoms with E-state index in [1.807, 2.05) is 49.0 Å². The standard InChI is InChI=1S/C18H18N2O/c1-12-8-9-18(21)15(10-12)17-11-16(19-20(17)3)14-7-5-4-6-13(14)2/h4-11,21H,1-3H3. The second-order valence-corrected chi connectivity index (χ2v) is 5.37. The van der Waals surface area contributed by atoms with Crippen molar-refractivity contribution in [3.8, 4) is 28.3 Å². The molecule has 3 aromatic rings. The molecule has 0 saturated carbocycles. The number of hydrogen-bond acceptors (Lipinski definition) is 2. The normalized spacial score (nSPS) is 10.8. The molecule has 0 fully saturated rings. The summed E-state index contributed by atoms with van der Waals surface area (Å²) in [7, 11) is 1.90. The first-order chi connectivity index (χ1) is 10.1. The molecule has 3 nitrogen and oxygen atoms in total. The summed E-state index contributed by atoms with van der Waals surface area (Å²) in [6.07, 6.45) is 0. The summed E-state index contributed by atoms with van der Waals surface area (Å²) >= 11 is 0. The molecule has 0 bridgehead atoms. The van der Waals surface area contributed by atoms with E-state index in [4.69, 9.17) is 0 Å². The molecule has 3 rings (SSSR count). The maximum atomic E-state index is 10.1. The highest BCUT2D eigenvalue weighted by Gasteiger charge is 2.13. The number of aromatic nitrogens is 2. The number of rotatable bonds is 2. The van der Waals surface area contributed by atoms with Gasteiger partial charge in [0.05, 0.1) is 11.4 Å². The highest BCUT2D eigenvalue weighted by atomic mass is 16.3. The second kappa shape index (κ2) is 5.09. The van der Waals surface area contributed by atoms with Gasteiger partial charge in [0.15, 0.2) is 0 Å². The Bertz CT molecular complexity index is 803. The van der Waals surface area contributed by atoms with Crippen LogP contribution in [-0.2, 0) is 7.05 Å². The fraction of sp³-hybridized carbons (Fsp3) is 0.167. The summed E-state index contributed by atoms with van der Waals surface area (Å²) in [6, 6.07) is 15.8. The fourth-order valence-corrected chi connectivity index (χ4v) is 2.57. The summed E-state index contributed by atoms with van der Waals surface area (Å²) in [6.45, 7) is 4.09. The van der Waals surface area contributed by atoms with E-state index in [0.29, 0.717) is 0 Å². The first kappa shape index (κ1) is 13.4. The predicted molar refractivity (Wildman–Crippen MR) is 85.2 cm³/mol. The minimum absolute atomic E-state index is 0.278. The Labute approximate surface area is 124 Å². The zero-order valence-electron chi connectivity index (χ0n) is 12.5. The molecule has 0 saturated heterocycles. The molecule has 0 radical (unpaired) electrons. The van der Waals surface area contributed by atoms with Crippen molar-refractivity contribution in [3.63, 3.8) is 0 Å². The quantitative estimate of drug-likeness (QED) is 0.767. The van der Waals surface area contributed by atoms with Crippen LogP contribution >= 0.6 is 0 Å². The molecule has 21 heavy (non-hydrogen) atoms. The van der Waals surface area contributed by atoms with Crippen molar-refractivity contribution in [3.05, 3.63) is 59.7 Å². The topological polar surface area (TPSA) is 38.1 Å². The Hall–Kier alpha value is -2.55. The van der Waals surface area contributed by atoms with Crippen LogP contribution in [0.3, 0.4) is 0 Å². The van der Waals surface area contributed by atoms with Gasteiger partial charge in [-0.25, -0.2) is 0 Å². The van der Waals surface area contributed by atoms with Gasteiger partial charge in [-0.05, 0) is 37.6 Å². The molecule has 1 heterocycles. The van der Waals surface area contributed by atoms with Crippen molar-refractivity contribution in [2.75, 3.05) is 0 Å². The third-order valence-corrected chi connectivity index (χ3v) is 3.73. The predicted octanol–water partition coefficient (Wildman–Crippen LogP) is 4.08. The van der Waals surface area contributed by atoms with E-state index in [9.17, 15) is 5.11 Å².